The molecule has 0 fully saturated rings. The first-order valence-corrected chi connectivity index (χ1v) is 6.31. The highest BCUT2D eigenvalue weighted by atomic mass is 35.5. The molecule has 0 radical (unpaired) electrons. The molecule has 1 heterocycles. The van der Waals surface area contributed by atoms with Crippen LogP contribution in [-0.4, -0.2) is 6.54 Å². The summed E-state index contributed by atoms with van der Waals surface area (Å²) in [5.74, 6) is -0.437. The van der Waals surface area contributed by atoms with E-state index in [1.807, 2.05) is 6.07 Å². The fourth-order valence-electron chi connectivity index (χ4n) is 1.77. The van der Waals surface area contributed by atoms with Crippen molar-refractivity contribution in [3.63, 3.8) is 0 Å². The van der Waals surface area contributed by atoms with Crippen LogP contribution in [0, 0.1) is 17.1 Å². The molecule has 1 aromatic heterocycles. The molecule has 0 unspecified atom stereocenters. The molecule has 0 saturated heterocycles. The first-order chi connectivity index (χ1) is 9.65. The number of halogens is 2. The van der Waals surface area contributed by atoms with Crippen molar-refractivity contribution in [3.8, 4) is 11.8 Å². The van der Waals surface area contributed by atoms with Gasteiger partial charge in [0.1, 0.15) is 23.7 Å². The van der Waals surface area contributed by atoms with E-state index >= 15 is 0 Å². The topological polar surface area (TPSA) is 72.2 Å². The third-order valence-corrected chi connectivity index (χ3v) is 3.05. The first-order valence-electron chi connectivity index (χ1n) is 5.93. The van der Waals surface area contributed by atoms with Gasteiger partial charge in [0.15, 0.2) is 0 Å². The average Bonchev–Trinajstić information content (AvgIpc) is 2.96. The molecule has 104 valence electrons. The number of rotatable bonds is 5. The summed E-state index contributed by atoms with van der Waals surface area (Å²) in [5.41, 5.74) is 6.42. The normalized spacial score (nSPS) is 11.9. The Morgan fingerprint density at radius 2 is 2.30 bits per heavy atom. The third-order valence-electron chi connectivity index (χ3n) is 2.76. The van der Waals surface area contributed by atoms with E-state index in [1.54, 1.807) is 6.07 Å². The lowest BCUT2D eigenvalue weighted by atomic mass is 10.1. The van der Waals surface area contributed by atoms with E-state index in [-0.39, 0.29) is 22.4 Å². The Morgan fingerprint density at radius 1 is 1.50 bits per heavy atom. The van der Waals surface area contributed by atoms with Crippen LogP contribution in [-0.2, 0) is 0 Å². The van der Waals surface area contributed by atoms with Gasteiger partial charge in [-0.1, -0.05) is 11.6 Å². The summed E-state index contributed by atoms with van der Waals surface area (Å²) in [7, 11) is 0. The Morgan fingerprint density at radius 3 is 2.90 bits per heavy atom. The number of hydrogen-bond acceptors (Lipinski definition) is 4. The lowest BCUT2D eigenvalue weighted by molar-refractivity contribution is 0.196. The minimum Gasteiger partial charge on any atom is -0.484 e. The van der Waals surface area contributed by atoms with Gasteiger partial charge in [-0.2, -0.15) is 5.26 Å². The van der Waals surface area contributed by atoms with Crippen LogP contribution in [0.5, 0.6) is 5.75 Å². The minimum absolute atomic E-state index is 0.0809. The van der Waals surface area contributed by atoms with E-state index in [1.165, 1.54) is 18.6 Å². The van der Waals surface area contributed by atoms with Gasteiger partial charge < -0.3 is 14.9 Å². The zero-order chi connectivity index (χ0) is 14.5. The molecule has 2 aromatic rings. The first kappa shape index (κ1) is 14.4. The molecule has 4 nitrogen and oxygen atoms in total. The zero-order valence-electron chi connectivity index (χ0n) is 10.5. The molecule has 20 heavy (non-hydrogen) atoms. The van der Waals surface area contributed by atoms with Gasteiger partial charge in [-0.05, 0) is 18.7 Å². The maximum Gasteiger partial charge on any atom is 0.143 e. The number of nitrogens with two attached hydrogens (primary N) is 1. The van der Waals surface area contributed by atoms with Gasteiger partial charge in [0, 0.05) is 18.1 Å². The quantitative estimate of drug-likeness (QED) is 0.917. The molecule has 0 bridgehead atoms. The van der Waals surface area contributed by atoms with Gasteiger partial charge in [0.25, 0.3) is 0 Å². The van der Waals surface area contributed by atoms with Crippen molar-refractivity contribution in [3.05, 3.63) is 52.7 Å². The van der Waals surface area contributed by atoms with Crippen molar-refractivity contribution in [1.82, 2.24) is 0 Å². The Kier molecular flexibility index (Phi) is 4.61. The van der Waals surface area contributed by atoms with Crippen molar-refractivity contribution in [2.75, 3.05) is 6.54 Å². The summed E-state index contributed by atoms with van der Waals surface area (Å²) in [6.07, 6.45) is 3.20. The molecule has 0 aliphatic rings. The van der Waals surface area contributed by atoms with Crippen LogP contribution >= 0.6 is 11.6 Å². The number of nitrogens with zero attached hydrogens (tertiary/aromatic N) is 1. The lowest BCUT2D eigenvalue weighted by Gasteiger charge is -2.18. The molecular formula is C14H12ClFN2O2. The Labute approximate surface area is 120 Å². The SMILES string of the molecule is N#Cc1cc(F)c(Cl)cc1O[C@H](CCN)c1ccoc1. The number of ether oxygens (including phenoxy) is 1. The third kappa shape index (κ3) is 3.10. The van der Waals surface area contributed by atoms with Gasteiger partial charge in [0.05, 0.1) is 23.1 Å². The van der Waals surface area contributed by atoms with Crippen LogP contribution < -0.4 is 10.5 Å². The van der Waals surface area contributed by atoms with E-state index in [0.717, 1.165) is 11.6 Å². The highest BCUT2D eigenvalue weighted by molar-refractivity contribution is 6.30. The highest BCUT2D eigenvalue weighted by Gasteiger charge is 2.17. The predicted octanol–water partition coefficient (Wildman–Crippen LogP) is 3.41. The van der Waals surface area contributed by atoms with Crippen LogP contribution in [0.4, 0.5) is 4.39 Å². The number of furan rings is 1. The maximum absolute atomic E-state index is 13.3. The number of nitriles is 1. The molecule has 2 rings (SSSR count). The minimum atomic E-state index is -0.658. The van der Waals surface area contributed by atoms with Gasteiger partial charge in [-0.15, -0.1) is 0 Å². The van der Waals surface area contributed by atoms with Crippen molar-refractivity contribution in [2.24, 2.45) is 5.73 Å². The van der Waals surface area contributed by atoms with Crippen LogP contribution in [0.15, 0.2) is 35.1 Å². The van der Waals surface area contributed by atoms with E-state index < -0.39 is 5.82 Å². The average molecular weight is 295 g/mol. The Balaban J connectivity index is 2.31. The summed E-state index contributed by atoms with van der Waals surface area (Å²) in [6, 6.07) is 5.96. The molecule has 6 heteroatoms. The molecule has 0 spiro atoms. The van der Waals surface area contributed by atoms with Gasteiger partial charge in [-0.25, -0.2) is 4.39 Å². The largest absolute Gasteiger partial charge is 0.484 e. The van der Waals surface area contributed by atoms with Crippen LogP contribution in [0.3, 0.4) is 0 Å². The lowest BCUT2D eigenvalue weighted by Crippen LogP contribution is -2.13. The van der Waals surface area contributed by atoms with Crippen molar-refractivity contribution >= 4 is 11.6 Å². The van der Waals surface area contributed by atoms with Crippen LogP contribution in [0.2, 0.25) is 5.02 Å². The van der Waals surface area contributed by atoms with E-state index in [9.17, 15) is 4.39 Å². The fourth-order valence-corrected chi connectivity index (χ4v) is 1.92. The molecular weight excluding hydrogens is 283 g/mol. The van der Waals surface area contributed by atoms with Crippen LogP contribution in [0.25, 0.3) is 0 Å². The van der Waals surface area contributed by atoms with Gasteiger partial charge in [0.2, 0.25) is 0 Å². The van der Waals surface area contributed by atoms with Crippen molar-refractivity contribution in [1.29, 1.82) is 5.26 Å². The van der Waals surface area contributed by atoms with E-state index in [4.69, 9.17) is 31.8 Å². The fraction of sp³-hybridized carbons (Fsp3) is 0.214. The Bertz CT molecular complexity index is 623. The number of hydrogen-bond donors (Lipinski definition) is 1. The highest BCUT2D eigenvalue weighted by Crippen LogP contribution is 2.31. The molecule has 0 aliphatic heterocycles. The van der Waals surface area contributed by atoms with Gasteiger partial charge in [-0.3, -0.25) is 0 Å². The van der Waals surface area contributed by atoms with Crippen LogP contribution in [0.1, 0.15) is 23.7 Å². The van der Waals surface area contributed by atoms with E-state index in [0.29, 0.717) is 13.0 Å². The molecule has 0 saturated carbocycles. The monoisotopic (exact) mass is 294 g/mol. The summed E-state index contributed by atoms with van der Waals surface area (Å²) in [4.78, 5) is 0. The molecule has 0 amide bonds. The smallest absolute Gasteiger partial charge is 0.143 e. The standard InChI is InChI=1S/C14H12ClFN2O2/c15-11-6-14(10(7-18)5-12(11)16)20-13(1-3-17)9-2-4-19-8-9/h2,4-6,8,13H,1,3,17H2/t13-/m1/s1. The van der Waals surface area contributed by atoms with Gasteiger partial charge >= 0.3 is 0 Å². The predicted molar refractivity (Wildman–Crippen MR) is 71.9 cm³/mol. The second kappa shape index (κ2) is 6.42. The van der Waals surface area contributed by atoms with Crippen molar-refractivity contribution in [2.45, 2.75) is 12.5 Å². The molecule has 0 aliphatic carbocycles. The van der Waals surface area contributed by atoms with E-state index in [2.05, 4.69) is 0 Å². The summed E-state index contributed by atoms with van der Waals surface area (Å²) >= 11 is 5.72. The number of benzene rings is 1. The molecule has 2 N–H and O–H groups in total. The molecule has 1 atom stereocenters. The summed E-state index contributed by atoms with van der Waals surface area (Å²) in [6.45, 7) is 0.395. The summed E-state index contributed by atoms with van der Waals surface area (Å²) in [5, 5.41) is 8.92. The summed E-state index contributed by atoms with van der Waals surface area (Å²) < 4.78 is 24.1. The second-order valence-electron chi connectivity index (χ2n) is 4.11. The maximum atomic E-state index is 13.3. The second-order valence-corrected chi connectivity index (χ2v) is 4.52. The Hall–Kier alpha value is -2.03. The molecule has 1 aromatic carbocycles. The van der Waals surface area contributed by atoms with Crippen molar-refractivity contribution < 1.29 is 13.5 Å². The zero-order valence-corrected chi connectivity index (χ0v) is 11.2.